The van der Waals surface area contributed by atoms with E-state index >= 15 is 0 Å². The lowest BCUT2D eigenvalue weighted by Gasteiger charge is -2.09. The number of aromatic amines is 1. The topological polar surface area (TPSA) is 80.5 Å². The van der Waals surface area contributed by atoms with Gasteiger partial charge in [-0.1, -0.05) is 35.3 Å². The molecule has 0 saturated heterocycles. The van der Waals surface area contributed by atoms with Crippen molar-refractivity contribution in [3.8, 4) is 11.3 Å². The number of nitrogens with zero attached hydrogens (tertiary/aromatic N) is 3. The zero-order valence-electron chi connectivity index (χ0n) is 13.6. The van der Waals surface area contributed by atoms with Gasteiger partial charge in [-0.05, 0) is 49.0 Å². The monoisotopic (exact) mass is 401 g/mol. The van der Waals surface area contributed by atoms with Gasteiger partial charge in [0.2, 0.25) is 0 Å². The second-order valence-electron chi connectivity index (χ2n) is 5.70. The maximum Gasteiger partial charge on any atom is 0.195 e. The minimum absolute atomic E-state index is 0.402. The highest BCUT2D eigenvalue weighted by Gasteiger charge is 2.14. The van der Waals surface area contributed by atoms with Crippen molar-refractivity contribution in [3.63, 3.8) is 0 Å². The van der Waals surface area contributed by atoms with Crippen LogP contribution < -0.4 is 5.73 Å². The molecule has 2 aromatic carbocycles. The molecule has 0 fully saturated rings. The molecule has 26 heavy (non-hydrogen) atoms. The Morgan fingerprint density at radius 2 is 1.92 bits per heavy atom. The normalized spacial score (nSPS) is 11.2. The van der Waals surface area contributed by atoms with Gasteiger partial charge in [0.15, 0.2) is 5.16 Å². The number of aryl methyl sites for hydroxylation is 1. The first-order valence-electron chi connectivity index (χ1n) is 7.73. The SMILES string of the molecule is Cc1cc(-c2cccc3nc(Sc4ccc(Cl)cc4Cl)nc(N)c23)n[nH]1. The van der Waals surface area contributed by atoms with Crippen molar-refractivity contribution in [3.05, 3.63) is 58.2 Å². The summed E-state index contributed by atoms with van der Waals surface area (Å²) in [5.74, 6) is 0.402. The largest absolute Gasteiger partial charge is 0.383 e. The van der Waals surface area contributed by atoms with Gasteiger partial charge in [0.25, 0.3) is 0 Å². The predicted octanol–water partition coefficient (Wildman–Crippen LogP) is 5.37. The van der Waals surface area contributed by atoms with Crippen LogP contribution in [0, 0.1) is 6.92 Å². The third kappa shape index (κ3) is 3.23. The average Bonchev–Trinajstić information content (AvgIpc) is 3.03. The van der Waals surface area contributed by atoms with Crippen LogP contribution in [-0.2, 0) is 0 Å². The van der Waals surface area contributed by atoms with Crippen LogP contribution in [0.2, 0.25) is 10.0 Å². The van der Waals surface area contributed by atoms with Crippen LogP contribution in [0.25, 0.3) is 22.2 Å². The van der Waals surface area contributed by atoms with E-state index in [0.29, 0.717) is 21.0 Å². The van der Waals surface area contributed by atoms with Gasteiger partial charge < -0.3 is 5.73 Å². The van der Waals surface area contributed by atoms with Crippen molar-refractivity contribution >= 4 is 51.7 Å². The molecule has 0 atom stereocenters. The van der Waals surface area contributed by atoms with Crippen LogP contribution in [0.4, 0.5) is 5.82 Å². The summed E-state index contributed by atoms with van der Waals surface area (Å²) in [4.78, 5) is 9.90. The number of nitrogen functional groups attached to an aromatic ring is 1. The first-order valence-corrected chi connectivity index (χ1v) is 9.30. The lowest BCUT2D eigenvalue weighted by atomic mass is 10.1. The number of rotatable bonds is 3. The fourth-order valence-electron chi connectivity index (χ4n) is 2.66. The molecule has 5 nitrogen and oxygen atoms in total. The van der Waals surface area contributed by atoms with Gasteiger partial charge in [0.05, 0.1) is 21.6 Å². The van der Waals surface area contributed by atoms with Gasteiger partial charge in [-0.2, -0.15) is 5.10 Å². The maximum absolute atomic E-state index is 6.26. The van der Waals surface area contributed by atoms with Gasteiger partial charge in [-0.15, -0.1) is 0 Å². The summed E-state index contributed by atoms with van der Waals surface area (Å²) in [6.45, 7) is 1.95. The number of nitrogens with one attached hydrogen (secondary N) is 1. The van der Waals surface area contributed by atoms with Gasteiger partial charge in [0.1, 0.15) is 5.82 Å². The van der Waals surface area contributed by atoms with E-state index in [1.165, 1.54) is 11.8 Å². The summed E-state index contributed by atoms with van der Waals surface area (Å²) in [5.41, 5.74) is 9.69. The molecule has 3 N–H and O–H groups in total. The molecular formula is C18H13Cl2N5S. The molecule has 0 amide bonds. The number of fused-ring (bicyclic) bond motifs is 1. The minimum atomic E-state index is 0.402. The lowest BCUT2D eigenvalue weighted by molar-refractivity contribution is 1.01. The van der Waals surface area contributed by atoms with Crippen LogP contribution in [0.15, 0.2) is 52.5 Å². The van der Waals surface area contributed by atoms with Crippen LogP contribution in [0.3, 0.4) is 0 Å². The molecule has 0 aliphatic carbocycles. The molecule has 0 unspecified atom stereocenters. The van der Waals surface area contributed by atoms with E-state index in [-0.39, 0.29) is 0 Å². The Labute approximate surface area is 163 Å². The van der Waals surface area contributed by atoms with Crippen molar-refractivity contribution in [2.45, 2.75) is 17.0 Å². The van der Waals surface area contributed by atoms with Gasteiger partial charge in [-0.25, -0.2) is 9.97 Å². The average molecular weight is 402 g/mol. The van der Waals surface area contributed by atoms with Gasteiger partial charge in [-0.3, -0.25) is 5.10 Å². The number of anilines is 1. The molecule has 0 bridgehead atoms. The fourth-order valence-corrected chi connectivity index (χ4v) is 3.96. The Kier molecular flexibility index (Phi) is 4.48. The molecule has 4 rings (SSSR count). The fraction of sp³-hybridized carbons (Fsp3) is 0.0556. The lowest BCUT2D eigenvalue weighted by Crippen LogP contribution is -1.98. The highest BCUT2D eigenvalue weighted by Crippen LogP contribution is 2.36. The molecular weight excluding hydrogens is 389 g/mol. The molecule has 130 valence electrons. The minimum Gasteiger partial charge on any atom is -0.383 e. The summed E-state index contributed by atoms with van der Waals surface area (Å²) in [6.07, 6.45) is 0. The predicted molar refractivity (Wildman–Crippen MR) is 107 cm³/mol. The van der Waals surface area contributed by atoms with E-state index in [2.05, 4.69) is 20.2 Å². The number of benzene rings is 2. The molecule has 2 aromatic heterocycles. The van der Waals surface area contributed by atoms with Crippen LogP contribution >= 0.6 is 35.0 Å². The molecule has 0 radical (unpaired) electrons. The Bertz CT molecular complexity index is 1130. The van der Waals surface area contributed by atoms with E-state index in [4.69, 9.17) is 28.9 Å². The van der Waals surface area contributed by atoms with Crippen LogP contribution in [0.5, 0.6) is 0 Å². The zero-order valence-corrected chi connectivity index (χ0v) is 16.0. The molecule has 2 heterocycles. The first-order chi connectivity index (χ1) is 12.5. The van der Waals surface area contributed by atoms with E-state index in [1.807, 2.05) is 37.3 Å². The summed E-state index contributed by atoms with van der Waals surface area (Å²) >= 11 is 13.5. The second kappa shape index (κ2) is 6.79. The number of H-pyrrole nitrogens is 1. The highest BCUT2D eigenvalue weighted by atomic mass is 35.5. The van der Waals surface area contributed by atoms with Crippen molar-refractivity contribution in [2.24, 2.45) is 0 Å². The van der Waals surface area contributed by atoms with Gasteiger partial charge >= 0.3 is 0 Å². The third-order valence-electron chi connectivity index (χ3n) is 3.81. The quantitative estimate of drug-likeness (QED) is 0.451. The number of nitrogens with two attached hydrogens (primary N) is 1. The highest BCUT2D eigenvalue weighted by molar-refractivity contribution is 7.99. The number of hydrogen-bond acceptors (Lipinski definition) is 5. The molecule has 4 aromatic rings. The summed E-state index contributed by atoms with van der Waals surface area (Å²) in [7, 11) is 0. The number of aromatic nitrogens is 4. The molecule has 0 saturated carbocycles. The Morgan fingerprint density at radius 1 is 1.08 bits per heavy atom. The van der Waals surface area contributed by atoms with E-state index in [9.17, 15) is 0 Å². The van der Waals surface area contributed by atoms with Gasteiger partial charge in [0, 0.05) is 21.2 Å². The van der Waals surface area contributed by atoms with Crippen molar-refractivity contribution in [1.82, 2.24) is 20.2 Å². The number of hydrogen-bond donors (Lipinski definition) is 2. The Morgan fingerprint density at radius 3 is 2.65 bits per heavy atom. The smallest absolute Gasteiger partial charge is 0.195 e. The van der Waals surface area contributed by atoms with E-state index < -0.39 is 0 Å². The standard InChI is InChI=1S/C18H13Cl2N5S/c1-9-7-14(25-24-9)11-3-2-4-13-16(11)17(21)23-18(22-13)26-15-6-5-10(19)8-12(15)20/h2-8H,1H3,(H,24,25)(H2,21,22,23). The second-order valence-corrected chi connectivity index (χ2v) is 7.56. The summed E-state index contributed by atoms with van der Waals surface area (Å²) < 4.78 is 0. The molecule has 0 spiro atoms. The molecule has 0 aliphatic rings. The molecule has 0 aliphatic heterocycles. The molecule has 8 heteroatoms. The Hall–Kier alpha value is -2.28. The van der Waals surface area contributed by atoms with Crippen molar-refractivity contribution in [2.75, 3.05) is 5.73 Å². The third-order valence-corrected chi connectivity index (χ3v) is 5.41. The van der Waals surface area contributed by atoms with Crippen LogP contribution in [0.1, 0.15) is 5.69 Å². The maximum atomic E-state index is 6.26. The van der Waals surface area contributed by atoms with Crippen LogP contribution in [-0.4, -0.2) is 20.2 Å². The Balaban J connectivity index is 1.80. The summed E-state index contributed by atoms with van der Waals surface area (Å²) in [5, 5.41) is 9.69. The van der Waals surface area contributed by atoms with E-state index in [0.717, 1.165) is 32.7 Å². The van der Waals surface area contributed by atoms with E-state index in [1.54, 1.807) is 12.1 Å². The van der Waals surface area contributed by atoms with Crippen molar-refractivity contribution in [1.29, 1.82) is 0 Å². The number of halogens is 2. The van der Waals surface area contributed by atoms with Crippen molar-refractivity contribution < 1.29 is 0 Å². The zero-order chi connectivity index (χ0) is 18.3. The first kappa shape index (κ1) is 17.1. The summed E-state index contributed by atoms with van der Waals surface area (Å²) in [6, 6.07) is 13.1.